The lowest BCUT2D eigenvalue weighted by Crippen LogP contribution is -1.98. The van der Waals surface area contributed by atoms with E-state index in [-0.39, 0.29) is 5.78 Å². The smallest absolute Gasteiger partial charge is 0.185 e. The summed E-state index contributed by atoms with van der Waals surface area (Å²) in [6, 6.07) is 16.1. The fourth-order valence-electron chi connectivity index (χ4n) is 4.14. The van der Waals surface area contributed by atoms with Crippen LogP contribution in [0.2, 0.25) is 0 Å². The Kier molecular flexibility index (Phi) is 11.0. The van der Waals surface area contributed by atoms with Gasteiger partial charge in [0.2, 0.25) is 0 Å². The first-order valence-electron chi connectivity index (χ1n) is 13.1. The zero-order valence-electron chi connectivity index (χ0n) is 21.0. The molecule has 3 rings (SSSR count). The molecule has 2 aromatic carbocycles. The van der Waals surface area contributed by atoms with Crippen LogP contribution in [0.4, 0.5) is 0 Å². The summed E-state index contributed by atoms with van der Waals surface area (Å²) in [7, 11) is 0. The van der Waals surface area contributed by atoms with Crippen LogP contribution >= 0.6 is 0 Å². The Morgan fingerprint density at radius 3 is 1.41 bits per heavy atom. The highest BCUT2D eigenvalue weighted by Gasteiger charge is 2.22. The largest absolute Gasteiger partial charge is 0.494 e. The number of allylic oxidation sites excluding steroid dienone is 2. The van der Waals surface area contributed by atoms with Gasteiger partial charge in [-0.2, -0.15) is 0 Å². The molecule has 182 valence electrons. The van der Waals surface area contributed by atoms with Gasteiger partial charge in [0.25, 0.3) is 0 Å². The van der Waals surface area contributed by atoms with Crippen LogP contribution in [-0.2, 0) is 4.79 Å². The molecule has 1 aliphatic carbocycles. The van der Waals surface area contributed by atoms with Gasteiger partial charge in [0.15, 0.2) is 5.78 Å². The number of carbonyl (C=O) groups is 1. The minimum absolute atomic E-state index is 0.160. The number of carbonyl (C=O) groups excluding carboxylic acids is 1. The molecular formula is C31H40O3. The predicted molar refractivity (Wildman–Crippen MR) is 142 cm³/mol. The van der Waals surface area contributed by atoms with Crippen molar-refractivity contribution in [3.05, 3.63) is 70.8 Å². The third kappa shape index (κ3) is 8.52. The first-order valence-corrected chi connectivity index (χ1v) is 13.1. The first-order chi connectivity index (χ1) is 16.7. The van der Waals surface area contributed by atoms with Crippen molar-refractivity contribution in [2.75, 3.05) is 13.2 Å². The molecule has 0 atom stereocenters. The molecule has 1 aliphatic rings. The molecule has 0 aromatic heterocycles. The number of rotatable bonds is 14. The highest BCUT2D eigenvalue weighted by molar-refractivity contribution is 6.15. The Morgan fingerprint density at radius 2 is 1.03 bits per heavy atom. The number of Topliss-reactive ketones (excluding diaryl/α,β-unsaturated/α-hetero) is 1. The van der Waals surface area contributed by atoms with E-state index >= 15 is 0 Å². The molecule has 1 fully saturated rings. The van der Waals surface area contributed by atoms with Gasteiger partial charge in [0, 0.05) is 11.1 Å². The van der Waals surface area contributed by atoms with Crippen LogP contribution < -0.4 is 9.47 Å². The summed E-state index contributed by atoms with van der Waals surface area (Å²) in [5, 5.41) is 0. The average Bonchev–Trinajstić information content (AvgIpc) is 3.19. The van der Waals surface area contributed by atoms with Gasteiger partial charge in [-0.3, -0.25) is 4.79 Å². The lowest BCUT2D eigenvalue weighted by atomic mass is 10.1. The number of ether oxygens (including phenoxy) is 2. The second-order valence-corrected chi connectivity index (χ2v) is 9.12. The Labute approximate surface area is 205 Å². The molecule has 3 heteroatoms. The lowest BCUT2D eigenvalue weighted by molar-refractivity contribution is -0.111. The van der Waals surface area contributed by atoms with Gasteiger partial charge in [-0.15, -0.1) is 0 Å². The van der Waals surface area contributed by atoms with Crippen molar-refractivity contribution in [3.63, 3.8) is 0 Å². The van der Waals surface area contributed by atoms with Gasteiger partial charge in [-0.1, -0.05) is 76.6 Å². The van der Waals surface area contributed by atoms with Crippen LogP contribution in [0, 0.1) is 0 Å². The zero-order chi connectivity index (χ0) is 24.0. The van der Waals surface area contributed by atoms with E-state index in [9.17, 15) is 4.79 Å². The van der Waals surface area contributed by atoms with Gasteiger partial charge in [0.05, 0.1) is 13.2 Å². The summed E-state index contributed by atoms with van der Waals surface area (Å²) >= 11 is 0. The van der Waals surface area contributed by atoms with E-state index < -0.39 is 0 Å². The van der Waals surface area contributed by atoms with Crippen LogP contribution in [0.25, 0.3) is 12.2 Å². The summed E-state index contributed by atoms with van der Waals surface area (Å²) < 4.78 is 11.6. The minimum atomic E-state index is 0.160. The first kappa shape index (κ1) is 25.8. The molecule has 0 bridgehead atoms. The predicted octanol–water partition coefficient (Wildman–Crippen LogP) is 8.43. The van der Waals surface area contributed by atoms with Crippen molar-refractivity contribution in [2.45, 2.75) is 78.1 Å². The van der Waals surface area contributed by atoms with E-state index in [1.807, 2.05) is 60.7 Å². The zero-order valence-corrected chi connectivity index (χ0v) is 21.0. The van der Waals surface area contributed by atoms with Crippen molar-refractivity contribution in [3.8, 4) is 11.5 Å². The normalized spacial score (nSPS) is 15.9. The van der Waals surface area contributed by atoms with E-state index in [2.05, 4.69) is 13.8 Å². The minimum Gasteiger partial charge on any atom is -0.494 e. The molecular weight excluding hydrogens is 420 g/mol. The number of benzene rings is 2. The molecule has 0 radical (unpaired) electrons. The number of hydrogen-bond acceptors (Lipinski definition) is 3. The van der Waals surface area contributed by atoms with E-state index in [0.29, 0.717) is 0 Å². The maximum Gasteiger partial charge on any atom is 0.185 e. The Balaban J connectivity index is 1.50. The maximum atomic E-state index is 12.9. The quantitative estimate of drug-likeness (QED) is 0.210. The fraction of sp³-hybridized carbons (Fsp3) is 0.452. The molecule has 3 nitrogen and oxygen atoms in total. The molecule has 0 amide bonds. The van der Waals surface area contributed by atoms with Gasteiger partial charge in [-0.05, 0) is 73.2 Å². The van der Waals surface area contributed by atoms with E-state index in [4.69, 9.17) is 9.47 Å². The van der Waals surface area contributed by atoms with Gasteiger partial charge in [-0.25, -0.2) is 0 Å². The summed E-state index contributed by atoms with van der Waals surface area (Å²) in [6.45, 7) is 5.95. The molecule has 0 unspecified atom stereocenters. The number of ketones is 1. The number of unbranched alkanes of at least 4 members (excludes halogenated alkanes) is 6. The third-order valence-electron chi connectivity index (χ3n) is 6.22. The van der Waals surface area contributed by atoms with Gasteiger partial charge < -0.3 is 9.47 Å². The SMILES string of the molecule is CCCCCCOc1ccc(/C=C2\CC/C(=C\c3ccc(OCCCCCC)cc3)C2=O)cc1. The fourth-order valence-corrected chi connectivity index (χ4v) is 4.14. The van der Waals surface area contributed by atoms with Crippen LogP contribution in [0.15, 0.2) is 59.7 Å². The summed E-state index contributed by atoms with van der Waals surface area (Å²) in [6.07, 6.45) is 15.2. The third-order valence-corrected chi connectivity index (χ3v) is 6.22. The van der Waals surface area contributed by atoms with Crippen molar-refractivity contribution < 1.29 is 14.3 Å². The summed E-state index contributed by atoms with van der Waals surface area (Å²) in [5.41, 5.74) is 3.85. The standard InChI is InChI=1S/C31H40O3/c1-3-5-7-9-21-33-29-17-11-25(12-18-29)23-27-15-16-28(31(27)32)24-26-13-19-30(20-14-26)34-22-10-8-6-4-2/h11-14,17-20,23-24H,3-10,15-16,21-22H2,1-2H3/b27-23+,28-24+. The highest BCUT2D eigenvalue weighted by atomic mass is 16.5. The van der Waals surface area contributed by atoms with E-state index in [1.165, 1.54) is 38.5 Å². The van der Waals surface area contributed by atoms with Crippen LogP contribution in [0.5, 0.6) is 11.5 Å². The van der Waals surface area contributed by atoms with Crippen molar-refractivity contribution in [2.24, 2.45) is 0 Å². The highest BCUT2D eigenvalue weighted by Crippen LogP contribution is 2.30. The summed E-state index contributed by atoms with van der Waals surface area (Å²) in [4.78, 5) is 12.9. The molecule has 0 saturated heterocycles. The van der Waals surface area contributed by atoms with Crippen molar-refractivity contribution >= 4 is 17.9 Å². The van der Waals surface area contributed by atoms with Crippen LogP contribution in [0.3, 0.4) is 0 Å². The van der Waals surface area contributed by atoms with Gasteiger partial charge >= 0.3 is 0 Å². The number of hydrogen-bond donors (Lipinski definition) is 0. The summed E-state index contributed by atoms with van der Waals surface area (Å²) in [5.74, 6) is 1.95. The van der Waals surface area contributed by atoms with Crippen LogP contribution in [0.1, 0.15) is 89.2 Å². The topological polar surface area (TPSA) is 35.5 Å². The van der Waals surface area contributed by atoms with Crippen molar-refractivity contribution in [1.29, 1.82) is 0 Å². The van der Waals surface area contributed by atoms with E-state index in [1.54, 1.807) is 0 Å². The average molecular weight is 461 g/mol. The van der Waals surface area contributed by atoms with Crippen molar-refractivity contribution in [1.82, 2.24) is 0 Å². The molecule has 34 heavy (non-hydrogen) atoms. The molecule has 0 heterocycles. The maximum absolute atomic E-state index is 12.9. The molecule has 0 spiro atoms. The Bertz CT molecular complexity index is 858. The lowest BCUT2D eigenvalue weighted by Gasteiger charge is -2.06. The van der Waals surface area contributed by atoms with Gasteiger partial charge in [0.1, 0.15) is 11.5 Å². The second kappa shape index (κ2) is 14.5. The second-order valence-electron chi connectivity index (χ2n) is 9.12. The molecule has 0 N–H and O–H groups in total. The Hall–Kier alpha value is -2.81. The monoisotopic (exact) mass is 460 g/mol. The molecule has 0 aliphatic heterocycles. The Morgan fingerprint density at radius 1 is 0.618 bits per heavy atom. The van der Waals surface area contributed by atoms with Crippen LogP contribution in [-0.4, -0.2) is 19.0 Å². The van der Waals surface area contributed by atoms with E-state index in [0.717, 1.165) is 72.7 Å². The molecule has 1 saturated carbocycles. The molecule has 2 aromatic rings.